The van der Waals surface area contributed by atoms with E-state index >= 15 is 0 Å². The zero-order chi connectivity index (χ0) is 22.8. The van der Waals surface area contributed by atoms with Crippen LogP contribution in [0.1, 0.15) is 29.8 Å². The summed E-state index contributed by atoms with van der Waals surface area (Å²) >= 11 is 0. The van der Waals surface area contributed by atoms with Crippen LogP contribution in [0.2, 0.25) is 0 Å². The van der Waals surface area contributed by atoms with E-state index in [1.165, 1.54) is 29.2 Å². The Kier molecular flexibility index (Phi) is 8.66. The van der Waals surface area contributed by atoms with E-state index in [9.17, 15) is 19.7 Å². The van der Waals surface area contributed by atoms with E-state index < -0.39 is 10.8 Å². The summed E-state index contributed by atoms with van der Waals surface area (Å²) in [6, 6.07) is 13.8. The summed E-state index contributed by atoms with van der Waals surface area (Å²) in [4.78, 5) is 39.4. The number of nitro groups is 1. The Balaban J connectivity index is 2.12. The van der Waals surface area contributed by atoms with Crippen LogP contribution >= 0.6 is 0 Å². The smallest absolute Gasteiger partial charge is 0.269 e. The number of anilines is 1. The van der Waals surface area contributed by atoms with Gasteiger partial charge in [0.2, 0.25) is 5.91 Å². The van der Waals surface area contributed by atoms with Crippen LogP contribution in [0.3, 0.4) is 0 Å². The number of carbonyl (C=O) groups excluding carboxylic acids is 2. The van der Waals surface area contributed by atoms with E-state index in [0.717, 1.165) is 13.1 Å². The molecule has 0 saturated carbocycles. The molecule has 0 saturated heterocycles. The van der Waals surface area contributed by atoms with Crippen LogP contribution in [0.15, 0.2) is 48.5 Å². The van der Waals surface area contributed by atoms with Crippen molar-refractivity contribution in [1.29, 1.82) is 5.26 Å². The Morgan fingerprint density at radius 3 is 2.16 bits per heavy atom. The summed E-state index contributed by atoms with van der Waals surface area (Å²) in [5.41, 5.74) is 1.17. The predicted octanol–water partition coefficient (Wildman–Crippen LogP) is 2.89. The molecule has 0 unspecified atom stereocenters. The molecule has 0 aliphatic heterocycles. The van der Waals surface area contributed by atoms with Crippen LogP contribution in [0.4, 0.5) is 11.4 Å². The minimum Gasteiger partial charge on any atom is -0.328 e. The third-order valence-corrected chi connectivity index (χ3v) is 4.83. The molecular formula is C22H25N5O4. The molecule has 2 amide bonds. The van der Waals surface area contributed by atoms with Crippen molar-refractivity contribution in [3.63, 3.8) is 0 Å². The van der Waals surface area contributed by atoms with Crippen LogP contribution in [0.25, 0.3) is 0 Å². The zero-order valence-electron chi connectivity index (χ0n) is 17.6. The van der Waals surface area contributed by atoms with Crippen molar-refractivity contribution in [2.24, 2.45) is 0 Å². The van der Waals surface area contributed by atoms with Crippen LogP contribution in [-0.4, -0.2) is 59.3 Å². The second-order valence-corrected chi connectivity index (χ2v) is 6.79. The van der Waals surface area contributed by atoms with Gasteiger partial charge in [-0.25, -0.2) is 0 Å². The lowest BCUT2D eigenvalue weighted by atomic mass is 10.1. The number of nitriles is 1. The van der Waals surface area contributed by atoms with E-state index in [1.807, 2.05) is 19.9 Å². The molecule has 2 rings (SSSR count). The van der Waals surface area contributed by atoms with E-state index in [1.54, 1.807) is 24.3 Å². The van der Waals surface area contributed by atoms with E-state index in [0.29, 0.717) is 29.9 Å². The van der Waals surface area contributed by atoms with E-state index in [-0.39, 0.29) is 18.1 Å². The predicted molar refractivity (Wildman–Crippen MR) is 117 cm³/mol. The highest BCUT2D eigenvalue weighted by Crippen LogP contribution is 2.15. The standard InChI is InChI=1S/C22H25N5O4/c1-3-25(4-2)13-14-26(22(29)18-7-5-17(15-23)6-8-18)16-21(28)24-19-9-11-20(12-10-19)27(30)31/h5-12H,3-4,13-14,16H2,1-2H3,(H,24,28). The van der Waals surface area contributed by atoms with Gasteiger partial charge in [0.05, 0.1) is 16.6 Å². The number of rotatable bonds is 10. The number of carbonyl (C=O) groups is 2. The molecule has 0 atom stereocenters. The first kappa shape index (κ1) is 23.5. The summed E-state index contributed by atoms with van der Waals surface area (Å²) in [7, 11) is 0. The van der Waals surface area contributed by atoms with Gasteiger partial charge in [-0.05, 0) is 49.5 Å². The summed E-state index contributed by atoms with van der Waals surface area (Å²) in [6.07, 6.45) is 0. The molecule has 9 heteroatoms. The monoisotopic (exact) mass is 423 g/mol. The SMILES string of the molecule is CCN(CC)CCN(CC(=O)Nc1ccc([N+](=O)[O-])cc1)C(=O)c1ccc(C#N)cc1. The van der Waals surface area contributed by atoms with Gasteiger partial charge in [0, 0.05) is 36.5 Å². The highest BCUT2D eigenvalue weighted by atomic mass is 16.6. The van der Waals surface area contributed by atoms with Gasteiger partial charge in [0.15, 0.2) is 0 Å². The second kappa shape index (κ2) is 11.4. The first-order chi connectivity index (χ1) is 14.9. The summed E-state index contributed by atoms with van der Waals surface area (Å²) in [5, 5.41) is 22.4. The van der Waals surface area contributed by atoms with Gasteiger partial charge in [-0.1, -0.05) is 13.8 Å². The molecular weight excluding hydrogens is 398 g/mol. The van der Waals surface area contributed by atoms with Gasteiger partial charge < -0.3 is 15.1 Å². The number of non-ortho nitro benzene ring substituents is 1. The van der Waals surface area contributed by atoms with Crippen molar-refractivity contribution >= 4 is 23.2 Å². The normalized spacial score (nSPS) is 10.4. The van der Waals surface area contributed by atoms with Gasteiger partial charge in [-0.3, -0.25) is 19.7 Å². The van der Waals surface area contributed by atoms with Crippen LogP contribution in [-0.2, 0) is 4.79 Å². The average molecular weight is 423 g/mol. The summed E-state index contributed by atoms with van der Waals surface area (Å²) in [6.45, 7) is 6.50. The van der Waals surface area contributed by atoms with Crippen molar-refractivity contribution in [2.45, 2.75) is 13.8 Å². The molecule has 1 N–H and O–H groups in total. The van der Waals surface area contributed by atoms with Gasteiger partial charge in [-0.15, -0.1) is 0 Å². The van der Waals surface area contributed by atoms with Crippen molar-refractivity contribution in [3.05, 3.63) is 69.8 Å². The molecule has 162 valence electrons. The Morgan fingerprint density at radius 2 is 1.65 bits per heavy atom. The summed E-state index contributed by atoms with van der Waals surface area (Å²) < 4.78 is 0. The molecule has 2 aromatic carbocycles. The van der Waals surface area contributed by atoms with Crippen LogP contribution in [0.5, 0.6) is 0 Å². The van der Waals surface area contributed by atoms with Crippen molar-refractivity contribution in [2.75, 3.05) is 38.0 Å². The Labute approximate surface area is 181 Å². The van der Waals surface area contributed by atoms with Crippen molar-refractivity contribution < 1.29 is 14.5 Å². The first-order valence-corrected chi connectivity index (χ1v) is 9.94. The van der Waals surface area contributed by atoms with Crippen LogP contribution < -0.4 is 5.32 Å². The zero-order valence-corrected chi connectivity index (χ0v) is 17.6. The van der Waals surface area contributed by atoms with E-state index in [4.69, 9.17) is 5.26 Å². The molecule has 2 aromatic rings. The molecule has 0 aliphatic rings. The molecule has 31 heavy (non-hydrogen) atoms. The number of hydrogen-bond acceptors (Lipinski definition) is 6. The van der Waals surface area contributed by atoms with Gasteiger partial charge >= 0.3 is 0 Å². The molecule has 0 fully saturated rings. The highest BCUT2D eigenvalue weighted by Gasteiger charge is 2.20. The molecule has 0 radical (unpaired) electrons. The molecule has 0 aliphatic carbocycles. The number of hydrogen-bond donors (Lipinski definition) is 1. The lowest BCUT2D eigenvalue weighted by molar-refractivity contribution is -0.384. The van der Waals surface area contributed by atoms with E-state index in [2.05, 4.69) is 10.2 Å². The third-order valence-electron chi connectivity index (χ3n) is 4.83. The lowest BCUT2D eigenvalue weighted by Crippen LogP contribution is -2.42. The second-order valence-electron chi connectivity index (χ2n) is 6.79. The first-order valence-electron chi connectivity index (χ1n) is 9.94. The number of nitro benzene ring substituents is 1. The molecule has 0 spiro atoms. The van der Waals surface area contributed by atoms with Gasteiger partial charge in [-0.2, -0.15) is 5.26 Å². The molecule has 0 bridgehead atoms. The van der Waals surface area contributed by atoms with Gasteiger partial charge in [0.25, 0.3) is 11.6 Å². The maximum atomic E-state index is 13.0. The Morgan fingerprint density at radius 1 is 1.03 bits per heavy atom. The lowest BCUT2D eigenvalue weighted by Gasteiger charge is -2.26. The van der Waals surface area contributed by atoms with Crippen molar-refractivity contribution in [1.82, 2.24) is 9.80 Å². The number of amides is 2. The fraction of sp³-hybridized carbons (Fsp3) is 0.318. The molecule has 9 nitrogen and oxygen atoms in total. The minimum atomic E-state index is -0.517. The fourth-order valence-electron chi connectivity index (χ4n) is 2.96. The van der Waals surface area contributed by atoms with Gasteiger partial charge in [0.1, 0.15) is 6.54 Å². The minimum absolute atomic E-state index is 0.0742. The molecule has 0 heterocycles. The summed E-state index contributed by atoms with van der Waals surface area (Å²) in [5.74, 6) is -0.717. The number of nitrogens with one attached hydrogen (secondary N) is 1. The number of nitrogens with zero attached hydrogens (tertiary/aromatic N) is 4. The third kappa shape index (κ3) is 6.90. The number of benzene rings is 2. The fourth-order valence-corrected chi connectivity index (χ4v) is 2.96. The van der Waals surface area contributed by atoms with Crippen molar-refractivity contribution in [3.8, 4) is 6.07 Å². The molecule has 0 aromatic heterocycles. The largest absolute Gasteiger partial charge is 0.328 e. The average Bonchev–Trinajstić information content (AvgIpc) is 2.78. The topological polar surface area (TPSA) is 120 Å². The van der Waals surface area contributed by atoms with Crippen LogP contribution in [0, 0.1) is 21.4 Å². The maximum Gasteiger partial charge on any atom is 0.269 e. The number of likely N-dealkylation sites (N-methyl/N-ethyl adjacent to an activating group) is 1. The Bertz CT molecular complexity index is 947. The Hall–Kier alpha value is -3.77. The maximum absolute atomic E-state index is 13.0. The highest BCUT2D eigenvalue weighted by molar-refractivity contribution is 5.99. The quantitative estimate of drug-likeness (QED) is 0.463.